The molecule has 102 valence electrons. The van der Waals surface area contributed by atoms with Gasteiger partial charge >= 0.3 is 5.69 Å². The molecule has 0 N–H and O–H groups in total. The molecule has 0 fully saturated rings. The van der Waals surface area contributed by atoms with Gasteiger partial charge in [0.25, 0.3) is 5.56 Å². The van der Waals surface area contributed by atoms with Crippen LogP contribution in [-0.2, 0) is 30.7 Å². The van der Waals surface area contributed by atoms with Crippen molar-refractivity contribution < 1.29 is 8.42 Å². The van der Waals surface area contributed by atoms with E-state index in [1.807, 2.05) is 0 Å². The molecule has 0 aliphatic rings. The molecular weight excluding hydrogens is 282 g/mol. The average Bonchev–Trinajstić information content (AvgIpc) is 2.33. The van der Waals surface area contributed by atoms with Gasteiger partial charge in [0, 0.05) is 39.4 Å². The first-order valence-electron chi connectivity index (χ1n) is 4.96. The van der Waals surface area contributed by atoms with E-state index < -0.39 is 26.5 Å². The van der Waals surface area contributed by atoms with E-state index in [-0.39, 0.29) is 12.1 Å². The molecule has 0 aliphatic heterocycles. The van der Waals surface area contributed by atoms with Gasteiger partial charge in [-0.3, -0.25) is 9.36 Å². The molecule has 7 nitrogen and oxygen atoms in total. The maximum atomic E-state index is 11.8. The van der Waals surface area contributed by atoms with Crippen molar-refractivity contribution in [2.45, 2.75) is 6.54 Å². The first-order chi connectivity index (χ1) is 8.20. The molecule has 0 atom stereocenters. The Morgan fingerprint density at radius 3 is 2.39 bits per heavy atom. The summed E-state index contributed by atoms with van der Waals surface area (Å²) in [6.07, 6.45) is 1.32. The van der Waals surface area contributed by atoms with Crippen molar-refractivity contribution in [3.63, 3.8) is 0 Å². The van der Waals surface area contributed by atoms with Crippen LogP contribution in [0.25, 0.3) is 0 Å². The molecular formula is C9H14ClN3O4S. The second-order valence-corrected chi connectivity index (χ2v) is 6.55. The van der Waals surface area contributed by atoms with Gasteiger partial charge in [0.05, 0.1) is 0 Å². The summed E-state index contributed by atoms with van der Waals surface area (Å²) in [5.41, 5.74) is -0.780. The zero-order chi connectivity index (χ0) is 14.1. The predicted molar refractivity (Wildman–Crippen MR) is 68.0 cm³/mol. The number of nitrogens with zero attached hydrogens (tertiary/aromatic N) is 3. The van der Waals surface area contributed by atoms with E-state index in [0.29, 0.717) is 0 Å². The van der Waals surface area contributed by atoms with E-state index >= 15 is 0 Å². The number of aryl methyl sites for hydroxylation is 1. The van der Waals surface area contributed by atoms with Crippen LogP contribution >= 0.6 is 11.6 Å². The minimum absolute atomic E-state index is 0.129. The van der Waals surface area contributed by atoms with Crippen LogP contribution in [0.2, 0.25) is 0 Å². The lowest BCUT2D eigenvalue weighted by Crippen LogP contribution is -2.40. The Morgan fingerprint density at radius 2 is 1.89 bits per heavy atom. The number of rotatable bonds is 4. The summed E-state index contributed by atoms with van der Waals surface area (Å²) in [5, 5.41) is -0.560. The SMILES string of the molecule is CN(Cc1cn(C)c(=O)n(C)c1=O)S(=O)(=O)CCl. The number of sulfonamides is 1. The summed E-state index contributed by atoms with van der Waals surface area (Å²) >= 11 is 5.31. The molecule has 0 aromatic carbocycles. The number of hydrogen-bond donors (Lipinski definition) is 0. The Balaban J connectivity index is 3.23. The summed E-state index contributed by atoms with van der Waals surface area (Å²) in [5.74, 6) is 0. The highest BCUT2D eigenvalue weighted by atomic mass is 35.5. The summed E-state index contributed by atoms with van der Waals surface area (Å²) in [6, 6.07) is 0. The largest absolute Gasteiger partial charge is 0.330 e. The second kappa shape index (κ2) is 5.25. The Bertz CT molecular complexity index is 661. The number of aromatic nitrogens is 2. The lowest BCUT2D eigenvalue weighted by Gasteiger charge is -2.15. The van der Waals surface area contributed by atoms with Crippen LogP contribution in [0.5, 0.6) is 0 Å². The lowest BCUT2D eigenvalue weighted by molar-refractivity contribution is 0.464. The van der Waals surface area contributed by atoms with Gasteiger partial charge in [0.2, 0.25) is 10.0 Å². The van der Waals surface area contributed by atoms with Crippen molar-refractivity contribution in [3.8, 4) is 0 Å². The first kappa shape index (κ1) is 14.9. The predicted octanol–water partition coefficient (Wildman–Crippen LogP) is -0.958. The smallest absolute Gasteiger partial charge is 0.303 e. The first-order valence-corrected chi connectivity index (χ1v) is 7.10. The van der Waals surface area contributed by atoms with Gasteiger partial charge in [-0.15, -0.1) is 11.6 Å². The van der Waals surface area contributed by atoms with Gasteiger partial charge in [-0.05, 0) is 0 Å². The normalized spacial score (nSPS) is 12.1. The maximum absolute atomic E-state index is 11.8. The summed E-state index contributed by atoms with van der Waals surface area (Å²) in [4.78, 5) is 23.2. The van der Waals surface area contributed by atoms with Crippen LogP contribution < -0.4 is 11.2 Å². The third-order valence-electron chi connectivity index (χ3n) is 2.52. The van der Waals surface area contributed by atoms with Crippen LogP contribution in [0.4, 0.5) is 0 Å². The molecule has 0 saturated heterocycles. The van der Waals surface area contributed by atoms with Crippen molar-refractivity contribution in [2.24, 2.45) is 14.1 Å². The van der Waals surface area contributed by atoms with Gasteiger partial charge in [-0.25, -0.2) is 13.2 Å². The Labute approximate surface area is 109 Å². The minimum atomic E-state index is -3.59. The molecule has 9 heteroatoms. The van der Waals surface area contributed by atoms with E-state index in [9.17, 15) is 18.0 Å². The molecule has 1 rings (SSSR count). The van der Waals surface area contributed by atoms with Crippen LogP contribution in [0.15, 0.2) is 15.8 Å². The van der Waals surface area contributed by atoms with E-state index in [2.05, 4.69) is 0 Å². The molecule has 1 aromatic rings. The molecule has 1 heterocycles. The zero-order valence-electron chi connectivity index (χ0n) is 10.3. The lowest BCUT2D eigenvalue weighted by atomic mass is 10.3. The molecule has 18 heavy (non-hydrogen) atoms. The quantitative estimate of drug-likeness (QED) is 0.670. The Hall–Kier alpha value is -1.12. The minimum Gasteiger partial charge on any atom is -0.303 e. The van der Waals surface area contributed by atoms with E-state index in [1.165, 1.54) is 31.9 Å². The molecule has 0 radical (unpaired) electrons. The Kier molecular flexibility index (Phi) is 4.36. The van der Waals surface area contributed by atoms with E-state index in [1.54, 1.807) is 0 Å². The van der Waals surface area contributed by atoms with E-state index in [4.69, 9.17) is 11.6 Å². The Morgan fingerprint density at radius 1 is 1.33 bits per heavy atom. The average molecular weight is 296 g/mol. The maximum Gasteiger partial charge on any atom is 0.330 e. The fourth-order valence-corrected chi connectivity index (χ4v) is 2.42. The number of hydrogen-bond acceptors (Lipinski definition) is 4. The van der Waals surface area contributed by atoms with Crippen LogP contribution in [0.1, 0.15) is 5.56 Å². The third kappa shape index (κ3) is 2.82. The van der Waals surface area contributed by atoms with Gasteiger partial charge < -0.3 is 4.57 Å². The standard InChI is InChI=1S/C9H14ClN3O4S/c1-11-4-7(8(14)13(3)9(11)15)5-12(2)18(16,17)6-10/h4H,5-6H2,1-3H3. The van der Waals surface area contributed by atoms with Crippen LogP contribution in [0.3, 0.4) is 0 Å². The van der Waals surface area contributed by atoms with Crippen LogP contribution in [0, 0.1) is 0 Å². The highest BCUT2D eigenvalue weighted by Crippen LogP contribution is 2.04. The fourth-order valence-electron chi connectivity index (χ4n) is 1.41. The third-order valence-corrected chi connectivity index (χ3v) is 4.71. The molecule has 0 saturated carbocycles. The van der Waals surface area contributed by atoms with Crippen molar-refractivity contribution in [1.82, 2.24) is 13.4 Å². The van der Waals surface area contributed by atoms with Gasteiger partial charge in [0.15, 0.2) is 0 Å². The highest BCUT2D eigenvalue weighted by molar-refractivity contribution is 7.90. The molecule has 0 spiro atoms. The molecule has 0 amide bonds. The number of halogens is 1. The van der Waals surface area contributed by atoms with E-state index in [0.717, 1.165) is 8.87 Å². The highest BCUT2D eigenvalue weighted by Gasteiger charge is 2.18. The van der Waals surface area contributed by atoms with Gasteiger partial charge in [-0.1, -0.05) is 0 Å². The van der Waals surface area contributed by atoms with Crippen molar-refractivity contribution >= 4 is 21.6 Å². The van der Waals surface area contributed by atoms with Crippen LogP contribution in [-0.4, -0.2) is 34.1 Å². The fraction of sp³-hybridized carbons (Fsp3) is 0.556. The molecule has 0 unspecified atom stereocenters. The second-order valence-electron chi connectivity index (χ2n) is 3.89. The zero-order valence-corrected chi connectivity index (χ0v) is 11.8. The molecule has 0 aliphatic carbocycles. The van der Waals surface area contributed by atoms with Gasteiger partial charge in [0.1, 0.15) is 5.21 Å². The molecule has 0 bridgehead atoms. The summed E-state index contributed by atoms with van der Waals surface area (Å²) < 4.78 is 26.1. The van der Waals surface area contributed by atoms with Crippen molar-refractivity contribution in [1.29, 1.82) is 0 Å². The van der Waals surface area contributed by atoms with Crippen molar-refractivity contribution in [2.75, 3.05) is 12.3 Å². The monoisotopic (exact) mass is 295 g/mol. The molecule has 1 aromatic heterocycles. The topological polar surface area (TPSA) is 81.4 Å². The van der Waals surface area contributed by atoms with Crippen molar-refractivity contribution in [3.05, 3.63) is 32.6 Å². The number of alkyl halides is 1. The van der Waals surface area contributed by atoms with Gasteiger partial charge in [-0.2, -0.15) is 4.31 Å². The summed E-state index contributed by atoms with van der Waals surface area (Å²) in [6.45, 7) is -0.129. The summed E-state index contributed by atoms with van der Waals surface area (Å²) in [7, 11) is 0.561.